The Labute approximate surface area is 177 Å². The summed E-state index contributed by atoms with van der Waals surface area (Å²) in [7, 11) is 0. The van der Waals surface area contributed by atoms with E-state index in [0.717, 1.165) is 14.7 Å². The van der Waals surface area contributed by atoms with Crippen LogP contribution in [0.5, 0.6) is 0 Å². The molecule has 1 aromatic carbocycles. The summed E-state index contributed by atoms with van der Waals surface area (Å²) >= 11 is 1.50. The van der Waals surface area contributed by atoms with Crippen LogP contribution in [0.2, 0.25) is 0 Å². The van der Waals surface area contributed by atoms with Crippen molar-refractivity contribution in [2.24, 2.45) is 0 Å². The maximum absolute atomic E-state index is 13.2. The molecule has 0 saturated carbocycles. The molecular weight excluding hydrogens is 406 g/mol. The molecule has 1 atom stereocenters. The summed E-state index contributed by atoms with van der Waals surface area (Å²) in [5, 5.41) is 2.71. The van der Waals surface area contributed by atoms with Crippen LogP contribution < -0.4 is 10.2 Å². The van der Waals surface area contributed by atoms with Gasteiger partial charge in [0.25, 0.3) is 5.91 Å². The van der Waals surface area contributed by atoms with Crippen molar-refractivity contribution >= 4 is 40.8 Å². The molecule has 0 unspecified atom stereocenters. The monoisotopic (exact) mass is 427 g/mol. The third-order valence-electron chi connectivity index (χ3n) is 5.41. The van der Waals surface area contributed by atoms with E-state index in [1.807, 2.05) is 13.8 Å². The van der Waals surface area contributed by atoms with Gasteiger partial charge in [-0.25, -0.2) is 9.59 Å². The first-order valence-electron chi connectivity index (χ1n) is 9.50. The molecule has 0 spiro atoms. The smallest absolute Gasteiger partial charge is 0.414 e. The molecule has 30 heavy (non-hydrogen) atoms. The molecule has 2 aliphatic rings. The van der Waals surface area contributed by atoms with Crippen LogP contribution in [0.4, 0.5) is 15.3 Å². The van der Waals surface area contributed by atoms with Crippen LogP contribution in [-0.4, -0.2) is 48.4 Å². The molecule has 2 aliphatic heterocycles. The molecule has 2 fully saturated rings. The average Bonchev–Trinajstić information content (AvgIpc) is 3.34. The van der Waals surface area contributed by atoms with Gasteiger partial charge in [0, 0.05) is 21.0 Å². The number of aryl methyl sites for hydroxylation is 2. The molecular formula is C21H21N3O5S. The van der Waals surface area contributed by atoms with E-state index in [1.54, 1.807) is 37.3 Å². The normalized spacial score (nSPS) is 21.2. The van der Waals surface area contributed by atoms with Crippen LogP contribution >= 0.6 is 11.3 Å². The summed E-state index contributed by atoms with van der Waals surface area (Å²) in [6, 6.07) is 8.00. The van der Waals surface area contributed by atoms with E-state index in [0.29, 0.717) is 30.0 Å². The number of imide groups is 1. The number of ether oxygens (including phenoxy) is 1. The van der Waals surface area contributed by atoms with E-state index in [4.69, 9.17) is 4.74 Å². The Kier molecular flexibility index (Phi) is 4.85. The quantitative estimate of drug-likeness (QED) is 0.585. The Bertz CT molecular complexity index is 1080. The second-order valence-corrected chi connectivity index (χ2v) is 8.97. The molecule has 4 amide bonds. The van der Waals surface area contributed by atoms with Gasteiger partial charge in [0.15, 0.2) is 5.78 Å². The van der Waals surface area contributed by atoms with Crippen molar-refractivity contribution in [3.63, 3.8) is 0 Å². The first kappa shape index (κ1) is 20.1. The number of carbonyl (C=O) groups is 4. The highest BCUT2D eigenvalue weighted by atomic mass is 32.1. The standard InChI is InChI=1S/C21H21N3O5S/c1-12-9-16(13(2)30-12)17(25)11-24-18(26)21(3,22-19(24)27)14-5-4-6-15(10-14)23-7-8-29-20(23)28/h4-6,9-10H,7-8,11H2,1-3H3,(H,22,27)/t21-/m1/s1. The lowest BCUT2D eigenvalue weighted by Crippen LogP contribution is -2.41. The van der Waals surface area contributed by atoms with E-state index in [-0.39, 0.29) is 12.3 Å². The summed E-state index contributed by atoms with van der Waals surface area (Å²) in [6.45, 7) is 5.74. The fourth-order valence-corrected chi connectivity index (χ4v) is 4.73. The Morgan fingerprint density at radius 1 is 1.23 bits per heavy atom. The summed E-state index contributed by atoms with van der Waals surface area (Å²) in [5.74, 6) is -0.787. The van der Waals surface area contributed by atoms with Gasteiger partial charge < -0.3 is 10.1 Å². The van der Waals surface area contributed by atoms with Crippen molar-refractivity contribution < 1.29 is 23.9 Å². The highest BCUT2D eigenvalue weighted by Gasteiger charge is 2.49. The zero-order valence-corrected chi connectivity index (χ0v) is 17.7. The molecule has 1 N–H and O–H groups in total. The van der Waals surface area contributed by atoms with Crippen LogP contribution in [0.1, 0.15) is 32.6 Å². The van der Waals surface area contributed by atoms with Crippen LogP contribution in [0.25, 0.3) is 0 Å². The molecule has 2 aromatic rings. The number of thiophene rings is 1. The maximum Gasteiger partial charge on any atom is 0.414 e. The predicted molar refractivity (Wildman–Crippen MR) is 111 cm³/mol. The van der Waals surface area contributed by atoms with Crippen molar-refractivity contribution in [2.45, 2.75) is 26.3 Å². The molecule has 0 radical (unpaired) electrons. The van der Waals surface area contributed by atoms with Crippen molar-refractivity contribution in [1.82, 2.24) is 10.2 Å². The van der Waals surface area contributed by atoms with Crippen LogP contribution in [-0.2, 0) is 15.1 Å². The molecule has 0 aliphatic carbocycles. The van der Waals surface area contributed by atoms with Gasteiger partial charge in [0.05, 0.1) is 13.1 Å². The lowest BCUT2D eigenvalue weighted by atomic mass is 9.91. The lowest BCUT2D eigenvalue weighted by Gasteiger charge is -2.24. The van der Waals surface area contributed by atoms with Gasteiger partial charge in [-0.05, 0) is 44.5 Å². The van der Waals surface area contributed by atoms with Gasteiger partial charge in [0.2, 0.25) is 0 Å². The predicted octanol–water partition coefficient (Wildman–Crippen LogP) is 2.97. The topological polar surface area (TPSA) is 96.0 Å². The highest BCUT2D eigenvalue weighted by Crippen LogP contribution is 2.32. The van der Waals surface area contributed by atoms with Gasteiger partial charge in [-0.2, -0.15) is 0 Å². The van der Waals surface area contributed by atoms with Gasteiger partial charge >= 0.3 is 12.1 Å². The van der Waals surface area contributed by atoms with Crippen molar-refractivity contribution in [3.05, 3.63) is 51.2 Å². The molecule has 0 bridgehead atoms. The molecule has 4 rings (SSSR count). The second-order valence-electron chi connectivity index (χ2n) is 7.51. The maximum atomic E-state index is 13.2. The Hall–Kier alpha value is -3.20. The molecule has 8 nitrogen and oxygen atoms in total. The van der Waals surface area contributed by atoms with Crippen LogP contribution in [0.3, 0.4) is 0 Å². The first-order valence-corrected chi connectivity index (χ1v) is 10.3. The number of anilines is 1. The summed E-state index contributed by atoms with van der Waals surface area (Å²) in [5.41, 5.74) is 0.297. The number of benzene rings is 1. The molecule has 9 heteroatoms. The number of hydrogen-bond donors (Lipinski definition) is 1. The molecule has 156 valence electrons. The SMILES string of the molecule is Cc1cc(C(=O)CN2C(=O)N[C@](C)(c3cccc(N4CCOC4=O)c3)C2=O)c(C)s1. The summed E-state index contributed by atoms with van der Waals surface area (Å²) in [6.07, 6.45) is -0.451. The van der Waals surface area contributed by atoms with E-state index in [1.165, 1.54) is 16.2 Å². The Morgan fingerprint density at radius 3 is 2.63 bits per heavy atom. The number of urea groups is 1. The minimum atomic E-state index is -1.34. The third-order valence-corrected chi connectivity index (χ3v) is 6.38. The number of nitrogens with zero attached hydrogens (tertiary/aromatic N) is 2. The highest BCUT2D eigenvalue weighted by molar-refractivity contribution is 7.12. The van der Waals surface area contributed by atoms with Crippen molar-refractivity contribution in [1.29, 1.82) is 0 Å². The number of carbonyl (C=O) groups excluding carboxylic acids is 4. The minimum absolute atomic E-state index is 0.279. The number of amides is 4. The fourth-order valence-electron chi connectivity index (χ4n) is 3.79. The fraction of sp³-hybridized carbons (Fsp3) is 0.333. The number of ketones is 1. The van der Waals surface area contributed by atoms with Crippen LogP contribution in [0, 0.1) is 13.8 Å². The van der Waals surface area contributed by atoms with E-state index in [2.05, 4.69) is 5.32 Å². The number of Topliss-reactive ketones (excluding diaryl/α,β-unsaturated/α-hetero) is 1. The Morgan fingerprint density at radius 2 is 2.00 bits per heavy atom. The number of rotatable bonds is 5. The van der Waals surface area contributed by atoms with E-state index < -0.39 is 23.6 Å². The molecule has 2 saturated heterocycles. The van der Waals surface area contributed by atoms with Gasteiger partial charge in [0.1, 0.15) is 12.1 Å². The van der Waals surface area contributed by atoms with E-state index >= 15 is 0 Å². The number of cyclic esters (lactones) is 1. The molecule has 3 heterocycles. The summed E-state index contributed by atoms with van der Waals surface area (Å²) < 4.78 is 4.97. The van der Waals surface area contributed by atoms with Gasteiger partial charge in [-0.1, -0.05) is 12.1 Å². The molecule has 1 aromatic heterocycles. The van der Waals surface area contributed by atoms with Gasteiger partial charge in [-0.15, -0.1) is 11.3 Å². The van der Waals surface area contributed by atoms with Crippen molar-refractivity contribution in [2.75, 3.05) is 24.6 Å². The first-order chi connectivity index (χ1) is 14.2. The zero-order valence-electron chi connectivity index (χ0n) is 16.9. The van der Waals surface area contributed by atoms with E-state index in [9.17, 15) is 19.2 Å². The van der Waals surface area contributed by atoms with Crippen molar-refractivity contribution in [3.8, 4) is 0 Å². The third kappa shape index (κ3) is 3.24. The number of nitrogens with one attached hydrogen (secondary N) is 1. The largest absolute Gasteiger partial charge is 0.447 e. The minimum Gasteiger partial charge on any atom is -0.447 e. The average molecular weight is 427 g/mol. The van der Waals surface area contributed by atoms with Gasteiger partial charge in [-0.3, -0.25) is 19.4 Å². The second kappa shape index (κ2) is 7.24. The number of hydrogen-bond acceptors (Lipinski definition) is 6. The zero-order chi connectivity index (χ0) is 21.6. The summed E-state index contributed by atoms with van der Waals surface area (Å²) in [4.78, 5) is 54.6. The Balaban J connectivity index is 1.59. The van der Waals surface area contributed by atoms with Crippen LogP contribution in [0.15, 0.2) is 30.3 Å². The lowest BCUT2D eigenvalue weighted by molar-refractivity contribution is -0.130.